The van der Waals surface area contributed by atoms with Crippen LogP contribution in [0.2, 0.25) is 0 Å². The second-order valence-corrected chi connectivity index (χ2v) is 6.54. The van der Waals surface area contributed by atoms with Crippen molar-refractivity contribution in [2.24, 2.45) is 11.8 Å². The standard InChI is InChI=1S/C16H27NO4/c1-10-11(2)21-12(3)15(10)16(20)17-9-5-4-6-13(17)7-8-14(18)19/h10-13,15H,4-9H2,1-3H3,(H,18,19). The molecule has 0 aromatic heterocycles. The number of carboxylic acid groups (broad SMARTS) is 1. The maximum absolute atomic E-state index is 12.9. The fraction of sp³-hybridized carbons (Fsp3) is 0.875. The SMILES string of the molecule is CC1OC(C)C(C(=O)N2CCCCC2CCC(=O)O)C1C. The fourth-order valence-corrected chi connectivity index (χ4v) is 3.76. The second-order valence-electron chi connectivity index (χ2n) is 6.54. The maximum atomic E-state index is 12.9. The molecule has 2 fully saturated rings. The van der Waals surface area contributed by atoms with E-state index in [0.717, 1.165) is 25.8 Å². The largest absolute Gasteiger partial charge is 0.481 e. The molecule has 5 atom stereocenters. The highest BCUT2D eigenvalue weighted by molar-refractivity contribution is 5.80. The summed E-state index contributed by atoms with van der Waals surface area (Å²) in [4.78, 5) is 25.7. The molecule has 5 unspecified atom stereocenters. The Hall–Kier alpha value is -1.10. The summed E-state index contributed by atoms with van der Waals surface area (Å²) in [5.74, 6) is -0.498. The molecule has 2 saturated heterocycles. The van der Waals surface area contributed by atoms with Crippen molar-refractivity contribution >= 4 is 11.9 Å². The Morgan fingerprint density at radius 2 is 1.90 bits per heavy atom. The molecule has 0 aromatic rings. The summed E-state index contributed by atoms with van der Waals surface area (Å²) in [6.45, 7) is 6.83. The third-order valence-corrected chi connectivity index (χ3v) is 5.13. The van der Waals surface area contributed by atoms with Gasteiger partial charge in [-0.05, 0) is 45.4 Å². The normalized spacial score (nSPS) is 36.7. The lowest BCUT2D eigenvalue weighted by Gasteiger charge is -2.38. The number of carbonyl (C=O) groups is 2. The number of rotatable bonds is 4. The topological polar surface area (TPSA) is 66.8 Å². The van der Waals surface area contributed by atoms with Crippen molar-refractivity contribution in [1.82, 2.24) is 4.90 Å². The van der Waals surface area contributed by atoms with Crippen molar-refractivity contribution in [2.45, 2.75) is 71.1 Å². The van der Waals surface area contributed by atoms with E-state index < -0.39 is 5.97 Å². The number of carbonyl (C=O) groups excluding carboxylic acids is 1. The minimum absolute atomic E-state index is 0.0513. The van der Waals surface area contributed by atoms with Gasteiger partial charge in [0.25, 0.3) is 0 Å². The van der Waals surface area contributed by atoms with E-state index in [4.69, 9.17) is 9.84 Å². The van der Waals surface area contributed by atoms with Crippen molar-refractivity contribution in [3.05, 3.63) is 0 Å². The molecular formula is C16H27NO4. The van der Waals surface area contributed by atoms with Crippen LogP contribution in [0.5, 0.6) is 0 Å². The molecule has 120 valence electrons. The first kappa shape index (κ1) is 16.3. The van der Waals surface area contributed by atoms with Crippen LogP contribution in [0.4, 0.5) is 0 Å². The lowest BCUT2D eigenvalue weighted by atomic mass is 9.86. The lowest BCUT2D eigenvalue weighted by molar-refractivity contribution is -0.144. The summed E-state index contributed by atoms with van der Waals surface area (Å²) in [5.41, 5.74) is 0. The van der Waals surface area contributed by atoms with Gasteiger partial charge in [0.05, 0.1) is 18.1 Å². The number of aliphatic carboxylic acids is 1. The van der Waals surface area contributed by atoms with E-state index in [2.05, 4.69) is 6.92 Å². The molecule has 5 heteroatoms. The van der Waals surface area contributed by atoms with Gasteiger partial charge in [-0.25, -0.2) is 0 Å². The summed E-state index contributed by atoms with van der Waals surface area (Å²) in [5, 5.41) is 8.88. The molecule has 2 rings (SSSR count). The Kier molecular flexibility index (Phi) is 5.25. The van der Waals surface area contributed by atoms with Crippen LogP contribution < -0.4 is 0 Å². The number of likely N-dealkylation sites (tertiary alicyclic amines) is 1. The number of hydrogen-bond donors (Lipinski definition) is 1. The first-order valence-electron chi connectivity index (χ1n) is 8.09. The molecule has 21 heavy (non-hydrogen) atoms. The van der Waals surface area contributed by atoms with Crippen LogP contribution in [-0.2, 0) is 14.3 Å². The Morgan fingerprint density at radius 3 is 2.48 bits per heavy atom. The predicted molar refractivity (Wildman–Crippen MR) is 78.9 cm³/mol. The second kappa shape index (κ2) is 6.77. The van der Waals surface area contributed by atoms with Crippen LogP contribution >= 0.6 is 0 Å². The average molecular weight is 297 g/mol. The van der Waals surface area contributed by atoms with Gasteiger partial charge in [0.2, 0.25) is 5.91 Å². The molecule has 0 aromatic carbocycles. The van der Waals surface area contributed by atoms with Crippen molar-refractivity contribution in [2.75, 3.05) is 6.54 Å². The van der Waals surface area contributed by atoms with Crippen molar-refractivity contribution in [3.8, 4) is 0 Å². The van der Waals surface area contributed by atoms with Crippen LogP contribution in [-0.4, -0.2) is 46.7 Å². The Morgan fingerprint density at radius 1 is 1.19 bits per heavy atom. The molecule has 2 aliphatic heterocycles. The van der Waals surface area contributed by atoms with Gasteiger partial charge in [0.15, 0.2) is 0 Å². The zero-order valence-corrected chi connectivity index (χ0v) is 13.2. The first-order chi connectivity index (χ1) is 9.91. The maximum Gasteiger partial charge on any atom is 0.303 e. The highest BCUT2D eigenvalue weighted by Gasteiger charge is 2.44. The quantitative estimate of drug-likeness (QED) is 0.864. The smallest absolute Gasteiger partial charge is 0.303 e. The number of nitrogens with zero attached hydrogens (tertiary/aromatic N) is 1. The third-order valence-electron chi connectivity index (χ3n) is 5.13. The Bertz CT molecular complexity index is 398. The van der Waals surface area contributed by atoms with Gasteiger partial charge in [0, 0.05) is 19.0 Å². The van der Waals surface area contributed by atoms with Gasteiger partial charge < -0.3 is 14.7 Å². The molecule has 1 N–H and O–H groups in total. The summed E-state index contributed by atoms with van der Waals surface area (Å²) in [6.07, 6.45) is 3.77. The van der Waals surface area contributed by atoms with Crippen LogP contribution in [0.3, 0.4) is 0 Å². The van der Waals surface area contributed by atoms with Gasteiger partial charge in [-0.15, -0.1) is 0 Å². The molecule has 0 spiro atoms. The van der Waals surface area contributed by atoms with Crippen LogP contribution in [0, 0.1) is 11.8 Å². The molecule has 5 nitrogen and oxygen atoms in total. The minimum atomic E-state index is -0.785. The molecule has 2 heterocycles. The number of ether oxygens (including phenoxy) is 1. The fourth-order valence-electron chi connectivity index (χ4n) is 3.76. The van der Waals surface area contributed by atoms with Crippen LogP contribution in [0.25, 0.3) is 0 Å². The van der Waals surface area contributed by atoms with E-state index in [-0.39, 0.29) is 42.4 Å². The summed E-state index contributed by atoms with van der Waals surface area (Å²) in [6, 6.07) is 0.0812. The third kappa shape index (κ3) is 3.57. The van der Waals surface area contributed by atoms with Crippen molar-refractivity contribution in [3.63, 3.8) is 0 Å². The molecule has 0 bridgehead atoms. The van der Waals surface area contributed by atoms with Gasteiger partial charge in [0.1, 0.15) is 0 Å². The Labute approximate surface area is 126 Å². The van der Waals surface area contributed by atoms with Crippen LogP contribution in [0.1, 0.15) is 52.9 Å². The van der Waals surface area contributed by atoms with E-state index in [1.807, 2.05) is 18.7 Å². The summed E-state index contributed by atoms with van der Waals surface area (Å²) < 4.78 is 5.79. The van der Waals surface area contributed by atoms with Crippen LogP contribution in [0.15, 0.2) is 0 Å². The van der Waals surface area contributed by atoms with E-state index in [1.165, 1.54) is 0 Å². The number of piperidine rings is 1. The highest BCUT2D eigenvalue weighted by atomic mass is 16.5. The molecular weight excluding hydrogens is 270 g/mol. The van der Waals surface area contributed by atoms with E-state index >= 15 is 0 Å². The molecule has 1 amide bonds. The van der Waals surface area contributed by atoms with Gasteiger partial charge in [-0.1, -0.05) is 6.92 Å². The average Bonchev–Trinajstić information content (AvgIpc) is 2.69. The van der Waals surface area contributed by atoms with Crippen molar-refractivity contribution in [1.29, 1.82) is 0 Å². The summed E-state index contributed by atoms with van der Waals surface area (Å²) in [7, 11) is 0. The van der Waals surface area contributed by atoms with Gasteiger partial charge >= 0.3 is 5.97 Å². The summed E-state index contributed by atoms with van der Waals surface area (Å²) >= 11 is 0. The molecule has 0 radical (unpaired) electrons. The van der Waals surface area contributed by atoms with Gasteiger partial charge in [-0.2, -0.15) is 0 Å². The number of hydrogen-bond acceptors (Lipinski definition) is 3. The Balaban J connectivity index is 2.06. The molecule has 2 aliphatic rings. The minimum Gasteiger partial charge on any atom is -0.481 e. The highest BCUT2D eigenvalue weighted by Crippen LogP contribution is 2.35. The first-order valence-corrected chi connectivity index (χ1v) is 8.09. The predicted octanol–water partition coefficient (Wildman–Crippen LogP) is 2.29. The zero-order chi connectivity index (χ0) is 15.6. The monoisotopic (exact) mass is 297 g/mol. The molecule has 0 aliphatic carbocycles. The van der Waals surface area contributed by atoms with E-state index in [1.54, 1.807) is 0 Å². The number of carboxylic acids is 1. The lowest BCUT2D eigenvalue weighted by Crippen LogP contribution is -2.49. The number of amides is 1. The van der Waals surface area contributed by atoms with Crippen molar-refractivity contribution < 1.29 is 19.4 Å². The van der Waals surface area contributed by atoms with E-state index in [9.17, 15) is 9.59 Å². The van der Waals surface area contributed by atoms with Gasteiger partial charge in [-0.3, -0.25) is 9.59 Å². The molecule has 0 saturated carbocycles. The van der Waals surface area contributed by atoms with E-state index in [0.29, 0.717) is 6.42 Å². The zero-order valence-electron chi connectivity index (χ0n) is 13.2.